The lowest BCUT2D eigenvalue weighted by Gasteiger charge is -2.11. The molecule has 24 heavy (non-hydrogen) atoms. The maximum Gasteiger partial charge on any atom is 0.339 e. The standard InChI is InChI=1S/C18H16O6/c1-11(2)17(21)23-9-10-24-18(22)15-13-6-4-3-5-12(13)7-8-14(15)16(19)20/h3-8H,1,9-10H2,2H3,(H,19,20). The lowest BCUT2D eigenvalue weighted by atomic mass is 9.99. The molecule has 0 aliphatic rings. The molecule has 0 saturated heterocycles. The van der Waals surface area contributed by atoms with Crippen molar-refractivity contribution in [1.82, 2.24) is 0 Å². The number of benzene rings is 2. The summed E-state index contributed by atoms with van der Waals surface area (Å²) in [5.74, 6) is -2.58. The lowest BCUT2D eigenvalue weighted by Crippen LogP contribution is -2.17. The Bertz CT molecular complexity index is 821. The van der Waals surface area contributed by atoms with E-state index in [2.05, 4.69) is 6.58 Å². The van der Waals surface area contributed by atoms with Crippen molar-refractivity contribution >= 4 is 28.7 Å². The molecule has 2 rings (SSSR count). The summed E-state index contributed by atoms with van der Waals surface area (Å²) in [7, 11) is 0. The van der Waals surface area contributed by atoms with E-state index in [1.165, 1.54) is 13.0 Å². The molecule has 1 N–H and O–H groups in total. The number of aromatic carboxylic acids is 1. The van der Waals surface area contributed by atoms with Crippen LogP contribution in [0, 0.1) is 0 Å². The third kappa shape index (κ3) is 3.78. The first-order valence-corrected chi connectivity index (χ1v) is 7.16. The molecule has 0 heterocycles. The molecule has 0 atom stereocenters. The van der Waals surface area contributed by atoms with Gasteiger partial charge in [-0.15, -0.1) is 0 Å². The minimum Gasteiger partial charge on any atom is -0.478 e. The minimum absolute atomic E-state index is 0.0215. The second-order valence-corrected chi connectivity index (χ2v) is 5.07. The van der Waals surface area contributed by atoms with Crippen LogP contribution in [0.1, 0.15) is 27.6 Å². The number of rotatable bonds is 6. The number of esters is 2. The minimum atomic E-state index is -1.22. The Morgan fingerprint density at radius 3 is 2.38 bits per heavy atom. The Morgan fingerprint density at radius 1 is 1.04 bits per heavy atom. The van der Waals surface area contributed by atoms with Gasteiger partial charge < -0.3 is 14.6 Å². The number of ether oxygens (including phenoxy) is 2. The maximum atomic E-state index is 12.3. The van der Waals surface area contributed by atoms with Crippen molar-refractivity contribution in [3.8, 4) is 0 Å². The average Bonchev–Trinajstić information content (AvgIpc) is 2.56. The van der Waals surface area contributed by atoms with E-state index in [0.717, 1.165) is 5.39 Å². The number of carboxylic acid groups (broad SMARTS) is 1. The lowest BCUT2D eigenvalue weighted by molar-refractivity contribution is -0.140. The van der Waals surface area contributed by atoms with Crippen LogP contribution >= 0.6 is 0 Å². The fourth-order valence-corrected chi connectivity index (χ4v) is 2.13. The first-order chi connectivity index (χ1) is 11.4. The second-order valence-electron chi connectivity index (χ2n) is 5.07. The van der Waals surface area contributed by atoms with Crippen molar-refractivity contribution in [1.29, 1.82) is 0 Å². The highest BCUT2D eigenvalue weighted by molar-refractivity contribution is 6.12. The molecule has 0 spiro atoms. The highest BCUT2D eigenvalue weighted by Crippen LogP contribution is 2.23. The third-order valence-corrected chi connectivity index (χ3v) is 3.26. The molecule has 0 unspecified atom stereocenters. The van der Waals surface area contributed by atoms with Crippen LogP contribution in [0.2, 0.25) is 0 Å². The zero-order valence-corrected chi connectivity index (χ0v) is 13.1. The SMILES string of the molecule is C=C(C)C(=O)OCCOC(=O)c1c(C(=O)O)ccc2ccccc12. The van der Waals surface area contributed by atoms with Gasteiger partial charge in [0.1, 0.15) is 13.2 Å². The van der Waals surface area contributed by atoms with Crippen molar-refractivity contribution in [3.63, 3.8) is 0 Å². The predicted molar refractivity (Wildman–Crippen MR) is 87.0 cm³/mol. The van der Waals surface area contributed by atoms with Gasteiger partial charge in [0, 0.05) is 5.57 Å². The van der Waals surface area contributed by atoms with Gasteiger partial charge in [0.25, 0.3) is 0 Å². The number of hydrogen-bond acceptors (Lipinski definition) is 5. The molecule has 0 aliphatic heterocycles. The van der Waals surface area contributed by atoms with Crippen LogP contribution in [-0.2, 0) is 14.3 Å². The highest BCUT2D eigenvalue weighted by atomic mass is 16.6. The smallest absolute Gasteiger partial charge is 0.339 e. The Labute approximate surface area is 138 Å². The number of hydrogen-bond donors (Lipinski definition) is 1. The van der Waals surface area contributed by atoms with Gasteiger partial charge in [-0.1, -0.05) is 36.9 Å². The molecule has 6 heteroatoms. The summed E-state index contributed by atoms with van der Waals surface area (Å²) >= 11 is 0. The molecule has 0 amide bonds. The number of carbonyl (C=O) groups is 3. The Hall–Kier alpha value is -3.15. The van der Waals surface area contributed by atoms with Crippen molar-refractivity contribution in [2.45, 2.75) is 6.92 Å². The van der Waals surface area contributed by atoms with Gasteiger partial charge in [-0.3, -0.25) is 0 Å². The number of carboxylic acids is 1. The summed E-state index contributed by atoms with van der Waals surface area (Å²) in [4.78, 5) is 34.9. The van der Waals surface area contributed by atoms with E-state index in [4.69, 9.17) is 9.47 Å². The van der Waals surface area contributed by atoms with Gasteiger partial charge in [-0.05, 0) is 23.8 Å². The summed E-state index contributed by atoms with van der Waals surface area (Å²) in [5, 5.41) is 10.5. The van der Waals surface area contributed by atoms with Gasteiger partial charge in [0.05, 0.1) is 11.1 Å². The number of fused-ring (bicyclic) bond motifs is 1. The Kier molecular flexibility index (Phi) is 5.31. The van der Waals surface area contributed by atoms with Crippen molar-refractivity contribution in [2.24, 2.45) is 0 Å². The molecule has 0 radical (unpaired) electrons. The van der Waals surface area contributed by atoms with E-state index in [1.807, 2.05) is 0 Å². The Morgan fingerprint density at radius 2 is 1.71 bits per heavy atom. The molecule has 2 aromatic carbocycles. The van der Waals surface area contributed by atoms with Gasteiger partial charge in [0.15, 0.2) is 0 Å². The van der Waals surface area contributed by atoms with Crippen molar-refractivity contribution in [2.75, 3.05) is 13.2 Å². The molecule has 2 aromatic rings. The van der Waals surface area contributed by atoms with Crippen LogP contribution in [0.15, 0.2) is 48.6 Å². The first kappa shape index (κ1) is 17.2. The van der Waals surface area contributed by atoms with Crippen LogP contribution in [0.5, 0.6) is 0 Å². The van der Waals surface area contributed by atoms with Gasteiger partial charge in [0.2, 0.25) is 0 Å². The van der Waals surface area contributed by atoms with Crippen LogP contribution < -0.4 is 0 Å². The molecule has 6 nitrogen and oxygen atoms in total. The van der Waals surface area contributed by atoms with E-state index >= 15 is 0 Å². The van der Waals surface area contributed by atoms with E-state index < -0.39 is 17.9 Å². The van der Waals surface area contributed by atoms with Crippen LogP contribution in [-0.4, -0.2) is 36.2 Å². The maximum absolute atomic E-state index is 12.3. The fourth-order valence-electron chi connectivity index (χ4n) is 2.13. The molecule has 124 valence electrons. The molecule has 0 saturated carbocycles. The second kappa shape index (κ2) is 7.41. The molecular formula is C18H16O6. The fraction of sp³-hybridized carbons (Fsp3) is 0.167. The molecule has 0 bridgehead atoms. The zero-order valence-electron chi connectivity index (χ0n) is 13.1. The third-order valence-electron chi connectivity index (χ3n) is 3.26. The van der Waals surface area contributed by atoms with Gasteiger partial charge in [-0.2, -0.15) is 0 Å². The van der Waals surface area contributed by atoms with Gasteiger partial charge >= 0.3 is 17.9 Å². The zero-order chi connectivity index (χ0) is 17.7. The summed E-state index contributed by atoms with van der Waals surface area (Å²) < 4.78 is 9.87. The Balaban J connectivity index is 2.19. The van der Waals surface area contributed by atoms with E-state index in [1.54, 1.807) is 30.3 Å². The highest BCUT2D eigenvalue weighted by Gasteiger charge is 2.21. The van der Waals surface area contributed by atoms with Gasteiger partial charge in [-0.25, -0.2) is 14.4 Å². The van der Waals surface area contributed by atoms with E-state index in [-0.39, 0.29) is 29.9 Å². The van der Waals surface area contributed by atoms with Crippen LogP contribution in [0.3, 0.4) is 0 Å². The van der Waals surface area contributed by atoms with E-state index in [9.17, 15) is 19.5 Å². The molecular weight excluding hydrogens is 312 g/mol. The van der Waals surface area contributed by atoms with E-state index in [0.29, 0.717) is 5.39 Å². The predicted octanol–water partition coefficient (Wildman–Crippen LogP) is 2.81. The first-order valence-electron chi connectivity index (χ1n) is 7.16. The molecule has 0 aromatic heterocycles. The normalized spacial score (nSPS) is 10.2. The van der Waals surface area contributed by atoms with Crippen molar-refractivity contribution < 1.29 is 29.0 Å². The van der Waals surface area contributed by atoms with Crippen molar-refractivity contribution in [3.05, 3.63) is 59.7 Å². The topological polar surface area (TPSA) is 89.9 Å². The molecule has 0 fully saturated rings. The van der Waals surface area contributed by atoms with Crippen LogP contribution in [0.25, 0.3) is 10.8 Å². The monoisotopic (exact) mass is 328 g/mol. The summed E-state index contributed by atoms with van der Waals surface area (Å²) in [6, 6.07) is 9.91. The van der Waals surface area contributed by atoms with Crippen LogP contribution in [0.4, 0.5) is 0 Å². The number of carbonyl (C=O) groups excluding carboxylic acids is 2. The summed E-state index contributed by atoms with van der Waals surface area (Å²) in [6.07, 6.45) is 0. The summed E-state index contributed by atoms with van der Waals surface area (Å²) in [5.41, 5.74) is 0.0769. The largest absolute Gasteiger partial charge is 0.478 e. The summed E-state index contributed by atoms with van der Waals surface area (Å²) in [6.45, 7) is 4.62. The average molecular weight is 328 g/mol. The quantitative estimate of drug-likeness (QED) is 0.498. The molecule has 0 aliphatic carbocycles.